The van der Waals surface area contributed by atoms with Crippen LogP contribution in [0.5, 0.6) is 0 Å². The van der Waals surface area contributed by atoms with Crippen molar-refractivity contribution in [1.29, 1.82) is 0 Å². The Bertz CT molecular complexity index is 308. The van der Waals surface area contributed by atoms with Crippen molar-refractivity contribution in [2.75, 3.05) is 13.2 Å². The Hall–Kier alpha value is -0.680. The van der Waals surface area contributed by atoms with E-state index in [2.05, 4.69) is 22.4 Å². The number of tetrazole rings is 1. The van der Waals surface area contributed by atoms with Crippen molar-refractivity contribution >= 4 is 11.6 Å². The van der Waals surface area contributed by atoms with Crippen molar-refractivity contribution in [2.24, 2.45) is 0 Å². The average molecular weight is 217 g/mol. The molecule has 1 aromatic heterocycles. The zero-order valence-electron chi connectivity index (χ0n) is 8.11. The Morgan fingerprint density at radius 2 is 2.50 bits per heavy atom. The van der Waals surface area contributed by atoms with Crippen LogP contribution in [0.25, 0.3) is 0 Å². The second kappa shape index (κ2) is 3.82. The largest absolute Gasteiger partial charge is 0.379 e. The molecular weight excluding hydrogens is 204 g/mol. The zero-order valence-corrected chi connectivity index (χ0v) is 8.87. The molecule has 1 fully saturated rings. The number of hydrogen-bond donors (Lipinski definition) is 0. The van der Waals surface area contributed by atoms with Gasteiger partial charge in [-0.1, -0.05) is 0 Å². The number of halogens is 1. The molecule has 0 N–H and O–H groups in total. The Labute approximate surface area is 87.4 Å². The average Bonchev–Trinajstić information content (AvgIpc) is 2.67. The molecule has 5 nitrogen and oxygen atoms in total. The molecule has 2 rings (SSSR count). The molecule has 1 aliphatic heterocycles. The minimum absolute atomic E-state index is 0.133. The molecule has 0 aliphatic carbocycles. The topological polar surface area (TPSA) is 52.8 Å². The van der Waals surface area contributed by atoms with Gasteiger partial charge < -0.3 is 4.74 Å². The lowest BCUT2D eigenvalue weighted by Crippen LogP contribution is -2.40. The lowest BCUT2D eigenvalue weighted by molar-refractivity contribution is 0.00145. The number of aromatic nitrogens is 4. The van der Waals surface area contributed by atoms with Gasteiger partial charge in [0.2, 0.25) is 0 Å². The summed E-state index contributed by atoms with van der Waals surface area (Å²) in [5.41, 5.74) is -0.133. The van der Waals surface area contributed by atoms with Gasteiger partial charge in [0.05, 0.1) is 18.0 Å². The molecule has 6 heteroatoms. The van der Waals surface area contributed by atoms with Crippen molar-refractivity contribution in [3.8, 4) is 0 Å². The maximum atomic E-state index is 5.75. The fourth-order valence-corrected chi connectivity index (χ4v) is 1.96. The Morgan fingerprint density at radius 1 is 1.64 bits per heavy atom. The quantitative estimate of drug-likeness (QED) is 0.691. The molecule has 0 spiro atoms. The zero-order chi connectivity index (χ0) is 10.0. The minimum atomic E-state index is -0.133. The van der Waals surface area contributed by atoms with Crippen LogP contribution in [0.4, 0.5) is 0 Å². The van der Waals surface area contributed by atoms with E-state index in [1.807, 2.05) is 0 Å². The van der Waals surface area contributed by atoms with Crippen LogP contribution >= 0.6 is 11.6 Å². The molecule has 1 atom stereocenters. The van der Waals surface area contributed by atoms with Gasteiger partial charge in [0.15, 0.2) is 5.82 Å². The van der Waals surface area contributed by atoms with E-state index < -0.39 is 0 Å². The maximum Gasteiger partial charge on any atom is 0.166 e. The van der Waals surface area contributed by atoms with Gasteiger partial charge in [-0.2, -0.15) is 0 Å². The van der Waals surface area contributed by atoms with Crippen LogP contribution in [0.1, 0.15) is 25.6 Å². The highest BCUT2D eigenvalue weighted by molar-refractivity contribution is 6.16. The van der Waals surface area contributed by atoms with E-state index in [-0.39, 0.29) is 5.54 Å². The number of ether oxygens (including phenoxy) is 1. The fraction of sp³-hybridized carbons (Fsp3) is 0.875. The summed E-state index contributed by atoms with van der Waals surface area (Å²) in [6.45, 7) is 3.58. The van der Waals surface area contributed by atoms with Crippen molar-refractivity contribution in [2.45, 2.75) is 31.2 Å². The van der Waals surface area contributed by atoms with E-state index in [1.54, 1.807) is 4.68 Å². The van der Waals surface area contributed by atoms with Crippen molar-refractivity contribution in [1.82, 2.24) is 20.2 Å². The summed E-state index contributed by atoms with van der Waals surface area (Å²) in [6, 6.07) is 0. The molecule has 2 heterocycles. The molecule has 0 saturated carbocycles. The number of alkyl halides is 1. The third kappa shape index (κ3) is 1.62. The van der Waals surface area contributed by atoms with Gasteiger partial charge in [0, 0.05) is 6.61 Å². The SMILES string of the molecule is CC1(n2nnnc2CCl)CCCOC1. The molecule has 14 heavy (non-hydrogen) atoms. The van der Waals surface area contributed by atoms with E-state index in [0.29, 0.717) is 18.3 Å². The van der Waals surface area contributed by atoms with Crippen LogP contribution < -0.4 is 0 Å². The lowest BCUT2D eigenvalue weighted by atomic mass is 9.95. The monoisotopic (exact) mass is 216 g/mol. The number of rotatable bonds is 2. The fourth-order valence-electron chi connectivity index (χ4n) is 1.79. The van der Waals surface area contributed by atoms with Gasteiger partial charge in [0.25, 0.3) is 0 Å². The van der Waals surface area contributed by atoms with Crippen molar-refractivity contribution in [3.63, 3.8) is 0 Å². The molecule has 1 saturated heterocycles. The number of hydrogen-bond acceptors (Lipinski definition) is 4. The summed E-state index contributed by atoms with van der Waals surface area (Å²) >= 11 is 5.75. The first-order valence-corrected chi connectivity index (χ1v) is 5.21. The molecule has 0 amide bonds. The Kier molecular flexibility index (Phi) is 2.69. The Balaban J connectivity index is 2.27. The molecular formula is C8H13ClN4O. The van der Waals surface area contributed by atoms with E-state index in [0.717, 1.165) is 19.4 Å². The molecule has 78 valence electrons. The van der Waals surface area contributed by atoms with Gasteiger partial charge in [-0.05, 0) is 30.2 Å². The second-order valence-electron chi connectivity index (χ2n) is 3.79. The predicted octanol–water partition coefficient (Wildman–Crippen LogP) is 0.937. The van der Waals surface area contributed by atoms with E-state index in [4.69, 9.17) is 16.3 Å². The third-order valence-corrected chi connectivity index (χ3v) is 2.82. The summed E-state index contributed by atoms with van der Waals surface area (Å²) in [5, 5.41) is 11.5. The molecule has 1 aliphatic rings. The number of nitrogens with zero attached hydrogens (tertiary/aromatic N) is 4. The van der Waals surface area contributed by atoms with Gasteiger partial charge in [-0.3, -0.25) is 0 Å². The highest BCUT2D eigenvalue weighted by Gasteiger charge is 2.32. The molecule has 0 radical (unpaired) electrons. The minimum Gasteiger partial charge on any atom is -0.379 e. The highest BCUT2D eigenvalue weighted by Crippen LogP contribution is 2.26. The maximum absolute atomic E-state index is 5.75. The summed E-state index contributed by atoms with van der Waals surface area (Å²) in [6.07, 6.45) is 2.07. The Morgan fingerprint density at radius 3 is 3.14 bits per heavy atom. The molecule has 0 aromatic carbocycles. The van der Waals surface area contributed by atoms with E-state index in [1.165, 1.54) is 0 Å². The van der Waals surface area contributed by atoms with Crippen LogP contribution in [0.2, 0.25) is 0 Å². The van der Waals surface area contributed by atoms with Crippen LogP contribution in [0, 0.1) is 0 Å². The molecule has 1 unspecified atom stereocenters. The van der Waals surface area contributed by atoms with Crippen LogP contribution in [-0.4, -0.2) is 33.4 Å². The van der Waals surface area contributed by atoms with E-state index in [9.17, 15) is 0 Å². The molecule has 0 bridgehead atoms. The van der Waals surface area contributed by atoms with Gasteiger partial charge in [-0.25, -0.2) is 4.68 Å². The van der Waals surface area contributed by atoms with Crippen molar-refractivity contribution in [3.05, 3.63) is 5.82 Å². The van der Waals surface area contributed by atoms with Crippen molar-refractivity contribution < 1.29 is 4.74 Å². The van der Waals surface area contributed by atoms with Crippen LogP contribution in [0.15, 0.2) is 0 Å². The first kappa shape index (κ1) is 9.86. The summed E-state index contributed by atoms with van der Waals surface area (Å²) in [5.74, 6) is 1.04. The van der Waals surface area contributed by atoms with Crippen LogP contribution in [-0.2, 0) is 16.2 Å². The first-order valence-electron chi connectivity index (χ1n) is 4.68. The van der Waals surface area contributed by atoms with Crippen LogP contribution in [0.3, 0.4) is 0 Å². The second-order valence-corrected chi connectivity index (χ2v) is 4.06. The normalized spacial score (nSPS) is 27.9. The highest BCUT2D eigenvalue weighted by atomic mass is 35.5. The lowest BCUT2D eigenvalue weighted by Gasteiger charge is -2.33. The summed E-state index contributed by atoms with van der Waals surface area (Å²) in [4.78, 5) is 0. The van der Waals surface area contributed by atoms with E-state index >= 15 is 0 Å². The first-order chi connectivity index (χ1) is 6.76. The predicted molar refractivity (Wildman–Crippen MR) is 51.1 cm³/mol. The molecule has 1 aromatic rings. The summed E-state index contributed by atoms with van der Waals surface area (Å²) in [7, 11) is 0. The van der Waals surface area contributed by atoms with Gasteiger partial charge in [-0.15, -0.1) is 16.7 Å². The smallest absolute Gasteiger partial charge is 0.166 e. The van der Waals surface area contributed by atoms with Gasteiger partial charge >= 0.3 is 0 Å². The summed E-state index contributed by atoms with van der Waals surface area (Å²) < 4.78 is 7.24. The third-order valence-electron chi connectivity index (χ3n) is 2.58. The standard InChI is InChI=1S/C8H13ClN4O/c1-8(3-2-4-14-6-8)13-7(5-9)10-11-12-13/h2-6H2,1H3. The van der Waals surface area contributed by atoms with Gasteiger partial charge in [0.1, 0.15) is 0 Å².